The maximum absolute atomic E-state index is 14.5. The summed E-state index contributed by atoms with van der Waals surface area (Å²) in [5, 5.41) is 19.6. The van der Waals surface area contributed by atoms with E-state index in [0.717, 1.165) is 0 Å². The number of hydrogen-bond acceptors (Lipinski definition) is 4. The number of nitrogens with zero attached hydrogens (tertiary/aromatic N) is 1. The van der Waals surface area contributed by atoms with Gasteiger partial charge in [0, 0.05) is 12.6 Å². The Balaban J connectivity index is 2.35. The predicted molar refractivity (Wildman–Crippen MR) is 122 cm³/mol. The average molecular weight is 462 g/mol. The molecule has 2 aromatic carbocycles. The van der Waals surface area contributed by atoms with Gasteiger partial charge in [-0.3, -0.25) is 4.79 Å². The molecule has 3 rings (SSSR count). The van der Waals surface area contributed by atoms with Crippen LogP contribution in [0.25, 0.3) is 10.9 Å². The van der Waals surface area contributed by atoms with Crippen LogP contribution in [0.15, 0.2) is 41.3 Å². The van der Waals surface area contributed by atoms with Gasteiger partial charge in [0.05, 0.1) is 34.7 Å². The lowest BCUT2D eigenvalue weighted by Crippen LogP contribution is -2.23. The zero-order chi connectivity index (χ0) is 23.6. The number of pyridine rings is 1. The molecule has 0 spiro atoms. The highest BCUT2D eigenvalue weighted by Gasteiger charge is 2.22. The fourth-order valence-electron chi connectivity index (χ4n) is 3.72. The molecule has 32 heavy (non-hydrogen) atoms. The van der Waals surface area contributed by atoms with Crippen LogP contribution in [0.2, 0.25) is 5.02 Å². The van der Waals surface area contributed by atoms with Crippen molar-refractivity contribution in [1.29, 1.82) is 0 Å². The van der Waals surface area contributed by atoms with Crippen molar-refractivity contribution in [3.8, 4) is 5.75 Å². The average Bonchev–Trinajstić information content (AvgIpc) is 2.73. The van der Waals surface area contributed by atoms with E-state index in [2.05, 4.69) is 0 Å². The van der Waals surface area contributed by atoms with Crippen molar-refractivity contribution in [2.75, 3.05) is 6.61 Å². The summed E-state index contributed by atoms with van der Waals surface area (Å²) in [6.07, 6.45) is 1.64. The first-order valence-corrected chi connectivity index (χ1v) is 10.7. The molecule has 3 aromatic rings. The third-order valence-electron chi connectivity index (χ3n) is 5.24. The number of aliphatic hydroxyl groups is 1. The van der Waals surface area contributed by atoms with Gasteiger partial charge >= 0.3 is 5.97 Å². The smallest absolute Gasteiger partial charge is 0.341 e. The Labute approximate surface area is 189 Å². The number of rotatable bonds is 8. The lowest BCUT2D eigenvalue weighted by Gasteiger charge is -2.23. The van der Waals surface area contributed by atoms with Crippen LogP contribution in [-0.4, -0.2) is 33.5 Å². The van der Waals surface area contributed by atoms with Crippen LogP contribution in [0, 0.1) is 5.82 Å². The van der Waals surface area contributed by atoms with Crippen molar-refractivity contribution in [1.82, 2.24) is 4.57 Å². The zero-order valence-corrected chi connectivity index (χ0v) is 18.8. The standard InChI is InChI=1S/C24H25ClFNO5/c1-4-16(12-28)27-11-18(24(30)31)23(29)17-9-14(10-20(22(17)27)32-13(2)3)8-15-6-5-7-19(25)21(15)26/h5-7,9-11,13,16,28H,4,8,12H2,1-3H3,(H,30,31)/t16-/m0/s1. The van der Waals surface area contributed by atoms with Crippen LogP contribution in [0.1, 0.15) is 54.7 Å². The van der Waals surface area contributed by atoms with Gasteiger partial charge in [-0.1, -0.05) is 30.7 Å². The summed E-state index contributed by atoms with van der Waals surface area (Å²) in [6, 6.07) is 7.49. The monoisotopic (exact) mass is 461 g/mol. The second-order valence-corrected chi connectivity index (χ2v) is 8.28. The molecule has 1 atom stereocenters. The highest BCUT2D eigenvalue weighted by molar-refractivity contribution is 6.30. The fourth-order valence-corrected chi connectivity index (χ4v) is 3.91. The van der Waals surface area contributed by atoms with E-state index in [9.17, 15) is 24.2 Å². The molecular weight excluding hydrogens is 437 g/mol. The molecule has 0 fully saturated rings. The number of ether oxygens (including phenoxy) is 1. The van der Waals surface area contributed by atoms with E-state index in [-0.39, 0.29) is 29.5 Å². The van der Waals surface area contributed by atoms with Gasteiger partial charge in [-0.2, -0.15) is 0 Å². The van der Waals surface area contributed by atoms with Gasteiger partial charge in [-0.05, 0) is 49.6 Å². The van der Waals surface area contributed by atoms with Crippen molar-refractivity contribution in [2.24, 2.45) is 0 Å². The molecule has 1 aromatic heterocycles. The number of carboxylic acid groups (broad SMARTS) is 1. The molecule has 0 unspecified atom stereocenters. The van der Waals surface area contributed by atoms with Crippen molar-refractivity contribution in [3.05, 3.63) is 74.3 Å². The predicted octanol–water partition coefficient (Wildman–Crippen LogP) is 4.81. The Hall–Kier alpha value is -2.90. The molecule has 0 saturated heterocycles. The number of halogens is 2. The first-order chi connectivity index (χ1) is 15.2. The third kappa shape index (κ3) is 4.64. The molecule has 2 N–H and O–H groups in total. The summed E-state index contributed by atoms with van der Waals surface area (Å²) >= 11 is 5.90. The molecule has 1 heterocycles. The molecule has 170 valence electrons. The van der Waals surface area contributed by atoms with Crippen LogP contribution in [0.3, 0.4) is 0 Å². The summed E-state index contributed by atoms with van der Waals surface area (Å²) in [6.45, 7) is 5.26. The van der Waals surface area contributed by atoms with E-state index in [4.69, 9.17) is 16.3 Å². The summed E-state index contributed by atoms with van der Waals surface area (Å²) in [5.41, 5.74) is 0.218. The summed E-state index contributed by atoms with van der Waals surface area (Å²) < 4.78 is 22.1. The molecule has 0 amide bonds. The summed E-state index contributed by atoms with van der Waals surface area (Å²) in [4.78, 5) is 24.8. The molecular formula is C24H25ClFNO5. The maximum atomic E-state index is 14.5. The SMILES string of the molecule is CC[C@@H](CO)n1cc(C(=O)O)c(=O)c2cc(Cc3cccc(Cl)c3F)cc(OC(C)C)c21. The van der Waals surface area contributed by atoms with Crippen molar-refractivity contribution in [2.45, 2.75) is 45.8 Å². The number of aromatic nitrogens is 1. The number of hydrogen-bond donors (Lipinski definition) is 2. The minimum atomic E-state index is -1.36. The molecule has 0 radical (unpaired) electrons. The Bertz CT molecular complexity index is 1220. The van der Waals surface area contributed by atoms with Crippen LogP contribution in [0.4, 0.5) is 4.39 Å². The zero-order valence-electron chi connectivity index (χ0n) is 18.1. The Morgan fingerprint density at radius 2 is 2.00 bits per heavy atom. The maximum Gasteiger partial charge on any atom is 0.341 e. The molecule has 0 bridgehead atoms. The Morgan fingerprint density at radius 3 is 2.59 bits per heavy atom. The normalized spacial score (nSPS) is 12.3. The molecule has 8 heteroatoms. The fraction of sp³-hybridized carbons (Fsp3) is 0.333. The third-order valence-corrected chi connectivity index (χ3v) is 5.54. The number of carboxylic acids is 1. The van der Waals surface area contributed by atoms with E-state index in [1.54, 1.807) is 28.8 Å². The molecule has 0 aliphatic heterocycles. The van der Waals surface area contributed by atoms with Gasteiger partial charge in [0.1, 0.15) is 17.1 Å². The number of carbonyl (C=O) groups is 1. The number of fused-ring (bicyclic) bond motifs is 1. The van der Waals surface area contributed by atoms with Crippen LogP contribution >= 0.6 is 11.6 Å². The van der Waals surface area contributed by atoms with E-state index in [1.165, 1.54) is 12.3 Å². The lowest BCUT2D eigenvalue weighted by atomic mass is 10.00. The highest BCUT2D eigenvalue weighted by Crippen LogP contribution is 2.32. The highest BCUT2D eigenvalue weighted by atomic mass is 35.5. The minimum Gasteiger partial charge on any atom is -0.489 e. The van der Waals surface area contributed by atoms with E-state index in [1.807, 2.05) is 20.8 Å². The quantitative estimate of drug-likeness (QED) is 0.502. The molecule has 0 aliphatic carbocycles. The van der Waals surface area contributed by atoms with Crippen molar-refractivity contribution < 1.29 is 24.1 Å². The van der Waals surface area contributed by atoms with Gasteiger partial charge in [-0.15, -0.1) is 0 Å². The molecule has 6 nitrogen and oxygen atoms in total. The Kier molecular flexibility index (Phi) is 7.21. The van der Waals surface area contributed by atoms with Crippen molar-refractivity contribution >= 4 is 28.5 Å². The van der Waals surface area contributed by atoms with Crippen LogP contribution in [-0.2, 0) is 6.42 Å². The molecule has 0 aliphatic rings. The number of aliphatic hydroxyl groups excluding tert-OH is 1. The topological polar surface area (TPSA) is 88.8 Å². The van der Waals surface area contributed by atoms with E-state index >= 15 is 0 Å². The second-order valence-electron chi connectivity index (χ2n) is 7.88. The lowest BCUT2D eigenvalue weighted by molar-refractivity contribution is 0.0694. The van der Waals surface area contributed by atoms with E-state index < -0.39 is 28.8 Å². The summed E-state index contributed by atoms with van der Waals surface area (Å²) in [7, 11) is 0. The summed E-state index contributed by atoms with van der Waals surface area (Å²) in [5.74, 6) is -1.56. The van der Waals surface area contributed by atoms with Crippen molar-refractivity contribution in [3.63, 3.8) is 0 Å². The van der Waals surface area contributed by atoms with Gasteiger partial charge in [0.15, 0.2) is 0 Å². The van der Waals surface area contributed by atoms with Gasteiger partial charge in [0.2, 0.25) is 5.43 Å². The van der Waals surface area contributed by atoms with Crippen LogP contribution in [0.5, 0.6) is 5.75 Å². The number of benzene rings is 2. The second kappa shape index (κ2) is 9.71. The minimum absolute atomic E-state index is 0.00815. The first kappa shape index (κ1) is 23.8. The van der Waals surface area contributed by atoms with Crippen LogP contribution < -0.4 is 10.2 Å². The van der Waals surface area contributed by atoms with Gasteiger partial charge in [-0.25, -0.2) is 9.18 Å². The largest absolute Gasteiger partial charge is 0.489 e. The Morgan fingerprint density at radius 1 is 1.28 bits per heavy atom. The molecule has 0 saturated carbocycles. The van der Waals surface area contributed by atoms with Gasteiger partial charge in [0.25, 0.3) is 0 Å². The first-order valence-electron chi connectivity index (χ1n) is 10.3. The van der Waals surface area contributed by atoms with Gasteiger partial charge < -0.3 is 19.5 Å². The van der Waals surface area contributed by atoms with E-state index in [0.29, 0.717) is 28.8 Å². The number of aromatic carboxylic acids is 1.